The van der Waals surface area contributed by atoms with Gasteiger partial charge in [0, 0.05) is 22.2 Å². The van der Waals surface area contributed by atoms with Crippen molar-refractivity contribution in [3.05, 3.63) is 94.9 Å². The van der Waals surface area contributed by atoms with Crippen molar-refractivity contribution in [2.45, 2.75) is 16.7 Å². The minimum Gasteiger partial charge on any atom is -0.494 e. The van der Waals surface area contributed by atoms with E-state index < -0.39 is 21.4 Å². The third-order valence-electron chi connectivity index (χ3n) is 4.85. The zero-order chi connectivity index (χ0) is 22.9. The van der Waals surface area contributed by atoms with Gasteiger partial charge in [-0.3, -0.25) is 9.78 Å². The molecule has 4 rings (SSSR count). The number of halogens is 2. The van der Waals surface area contributed by atoms with Gasteiger partial charge in [-0.25, -0.2) is 12.8 Å². The highest BCUT2D eigenvalue weighted by Gasteiger charge is 2.28. The minimum absolute atomic E-state index is 0.0248. The standard InChI is InChI=1S/C24H17ClFNO4S/c1-2-31-18-8-3-15(4-9-18)23(28)21-14-27-22-12-7-17(26)13-20(22)24(21)32(29,30)19-10-5-16(25)6-11-19/h3-14H,2H2,1H3. The molecule has 0 aliphatic carbocycles. The topological polar surface area (TPSA) is 73.3 Å². The molecule has 1 heterocycles. The Kier molecular flexibility index (Phi) is 5.95. The fraction of sp³-hybridized carbons (Fsp3) is 0.0833. The smallest absolute Gasteiger partial charge is 0.208 e. The van der Waals surface area contributed by atoms with E-state index >= 15 is 0 Å². The number of carbonyl (C=O) groups excluding carboxylic acids is 1. The summed E-state index contributed by atoms with van der Waals surface area (Å²) in [6.45, 7) is 2.31. The van der Waals surface area contributed by atoms with Gasteiger partial charge in [-0.15, -0.1) is 0 Å². The van der Waals surface area contributed by atoms with E-state index in [1.54, 1.807) is 24.3 Å². The Morgan fingerprint density at radius 3 is 2.38 bits per heavy atom. The molecule has 1 aromatic heterocycles. The first-order chi connectivity index (χ1) is 15.3. The normalized spacial score (nSPS) is 11.5. The first-order valence-electron chi connectivity index (χ1n) is 9.67. The summed E-state index contributed by atoms with van der Waals surface area (Å²) in [6.07, 6.45) is 1.21. The van der Waals surface area contributed by atoms with Crippen LogP contribution in [0, 0.1) is 5.82 Å². The summed E-state index contributed by atoms with van der Waals surface area (Å²) in [7, 11) is -4.21. The fourth-order valence-electron chi connectivity index (χ4n) is 3.35. The molecule has 5 nitrogen and oxygen atoms in total. The van der Waals surface area contributed by atoms with Crippen molar-refractivity contribution < 1.29 is 22.3 Å². The van der Waals surface area contributed by atoms with Crippen LogP contribution in [0.4, 0.5) is 4.39 Å². The first-order valence-corrected chi connectivity index (χ1v) is 11.5. The van der Waals surface area contributed by atoms with Gasteiger partial charge in [-0.2, -0.15) is 0 Å². The lowest BCUT2D eigenvalue weighted by Crippen LogP contribution is -2.13. The summed E-state index contributed by atoms with van der Waals surface area (Å²) in [4.78, 5) is 17.2. The van der Waals surface area contributed by atoms with Gasteiger partial charge in [-0.05, 0) is 73.7 Å². The predicted molar refractivity (Wildman–Crippen MR) is 120 cm³/mol. The molecule has 0 saturated heterocycles. The lowest BCUT2D eigenvalue weighted by atomic mass is 10.0. The van der Waals surface area contributed by atoms with E-state index in [9.17, 15) is 17.6 Å². The molecule has 0 unspecified atom stereocenters. The van der Waals surface area contributed by atoms with E-state index in [2.05, 4.69) is 4.98 Å². The second kappa shape index (κ2) is 8.68. The predicted octanol–water partition coefficient (Wildman–Crippen LogP) is 5.49. The lowest BCUT2D eigenvalue weighted by molar-refractivity contribution is 0.103. The van der Waals surface area contributed by atoms with Gasteiger partial charge in [0.25, 0.3) is 0 Å². The van der Waals surface area contributed by atoms with Crippen LogP contribution in [0.3, 0.4) is 0 Å². The summed E-state index contributed by atoms with van der Waals surface area (Å²) < 4.78 is 46.7. The highest BCUT2D eigenvalue weighted by molar-refractivity contribution is 7.91. The zero-order valence-electron chi connectivity index (χ0n) is 16.9. The molecule has 0 saturated carbocycles. The number of hydrogen-bond acceptors (Lipinski definition) is 5. The lowest BCUT2D eigenvalue weighted by Gasteiger charge is -2.13. The van der Waals surface area contributed by atoms with Crippen molar-refractivity contribution in [3.63, 3.8) is 0 Å². The van der Waals surface area contributed by atoms with Gasteiger partial charge in [0.05, 0.1) is 27.5 Å². The fourth-order valence-corrected chi connectivity index (χ4v) is 5.09. The molecule has 0 bridgehead atoms. The van der Waals surface area contributed by atoms with Crippen molar-refractivity contribution >= 4 is 38.1 Å². The second-order valence-corrected chi connectivity index (χ2v) is 9.23. The Hall–Kier alpha value is -3.29. The number of hydrogen-bond donors (Lipinski definition) is 0. The Morgan fingerprint density at radius 2 is 1.72 bits per heavy atom. The highest BCUT2D eigenvalue weighted by Crippen LogP contribution is 2.33. The molecular formula is C24H17ClFNO4S. The number of sulfone groups is 1. The van der Waals surface area contributed by atoms with E-state index in [4.69, 9.17) is 16.3 Å². The molecule has 0 aliphatic rings. The average molecular weight is 470 g/mol. The molecule has 0 N–H and O–H groups in total. The largest absolute Gasteiger partial charge is 0.494 e. The Labute approximate surface area is 189 Å². The van der Waals surface area contributed by atoms with Crippen LogP contribution >= 0.6 is 11.6 Å². The van der Waals surface area contributed by atoms with Gasteiger partial charge in [0.1, 0.15) is 11.6 Å². The monoisotopic (exact) mass is 469 g/mol. The maximum Gasteiger partial charge on any atom is 0.208 e. The maximum atomic E-state index is 14.1. The SMILES string of the molecule is CCOc1ccc(C(=O)c2cnc3ccc(F)cc3c2S(=O)(=O)c2ccc(Cl)cc2)cc1. The molecule has 0 radical (unpaired) electrons. The molecule has 0 fully saturated rings. The number of aromatic nitrogens is 1. The van der Waals surface area contributed by atoms with Gasteiger partial charge >= 0.3 is 0 Å². The van der Waals surface area contributed by atoms with E-state index in [1.165, 1.54) is 42.6 Å². The van der Waals surface area contributed by atoms with Crippen LogP contribution in [0.2, 0.25) is 5.02 Å². The number of fused-ring (bicyclic) bond motifs is 1. The van der Waals surface area contributed by atoms with Gasteiger partial charge in [-0.1, -0.05) is 11.6 Å². The van der Waals surface area contributed by atoms with E-state index in [1.807, 2.05) is 6.92 Å². The number of ether oxygens (including phenoxy) is 1. The number of nitrogens with zero attached hydrogens (tertiary/aromatic N) is 1. The van der Waals surface area contributed by atoms with E-state index in [0.717, 1.165) is 6.07 Å². The highest BCUT2D eigenvalue weighted by atomic mass is 35.5. The average Bonchev–Trinajstić information content (AvgIpc) is 2.78. The van der Waals surface area contributed by atoms with Crippen LogP contribution < -0.4 is 4.74 Å². The molecule has 0 amide bonds. The van der Waals surface area contributed by atoms with Crippen LogP contribution in [0.15, 0.2) is 82.7 Å². The summed E-state index contributed by atoms with van der Waals surface area (Å²) >= 11 is 5.90. The van der Waals surface area contributed by atoms with Crippen LogP contribution in [-0.4, -0.2) is 25.8 Å². The van der Waals surface area contributed by atoms with E-state index in [0.29, 0.717) is 17.4 Å². The number of rotatable bonds is 6. The van der Waals surface area contributed by atoms with Crippen LogP contribution in [-0.2, 0) is 9.84 Å². The molecule has 32 heavy (non-hydrogen) atoms. The number of carbonyl (C=O) groups is 1. The van der Waals surface area contributed by atoms with Crippen molar-refractivity contribution in [3.8, 4) is 5.75 Å². The molecule has 0 aliphatic heterocycles. The van der Waals surface area contributed by atoms with Gasteiger partial charge in [0.15, 0.2) is 5.78 Å². The molecule has 8 heteroatoms. The Morgan fingerprint density at radius 1 is 1.03 bits per heavy atom. The summed E-state index contributed by atoms with van der Waals surface area (Å²) in [6, 6.07) is 15.5. The summed E-state index contributed by atoms with van der Waals surface area (Å²) in [5, 5.41) is 0.386. The second-order valence-electron chi connectivity index (χ2n) is 6.91. The van der Waals surface area contributed by atoms with Gasteiger partial charge in [0.2, 0.25) is 9.84 Å². The van der Waals surface area contributed by atoms with Crippen LogP contribution in [0.5, 0.6) is 5.75 Å². The van der Waals surface area contributed by atoms with E-state index in [-0.39, 0.29) is 31.8 Å². The third kappa shape index (κ3) is 4.09. The summed E-state index contributed by atoms with van der Waals surface area (Å²) in [5.74, 6) is -0.617. The molecule has 162 valence electrons. The van der Waals surface area contributed by atoms with Gasteiger partial charge < -0.3 is 4.74 Å². The molecule has 0 atom stereocenters. The number of benzene rings is 3. The van der Waals surface area contributed by atoms with Crippen molar-refractivity contribution in [1.29, 1.82) is 0 Å². The van der Waals surface area contributed by atoms with Crippen molar-refractivity contribution in [2.24, 2.45) is 0 Å². The zero-order valence-corrected chi connectivity index (χ0v) is 18.5. The third-order valence-corrected chi connectivity index (χ3v) is 6.97. The molecule has 0 spiro atoms. The Balaban J connectivity index is 1.95. The molecule has 4 aromatic rings. The number of pyridine rings is 1. The minimum atomic E-state index is -4.21. The maximum absolute atomic E-state index is 14.1. The number of ketones is 1. The van der Waals surface area contributed by atoms with Crippen LogP contribution in [0.25, 0.3) is 10.9 Å². The molecular weight excluding hydrogens is 453 g/mol. The van der Waals surface area contributed by atoms with Crippen molar-refractivity contribution in [2.75, 3.05) is 6.61 Å². The van der Waals surface area contributed by atoms with Crippen LogP contribution in [0.1, 0.15) is 22.8 Å². The van der Waals surface area contributed by atoms with Crippen molar-refractivity contribution in [1.82, 2.24) is 4.98 Å². The Bertz CT molecular complexity index is 1420. The summed E-state index contributed by atoms with van der Waals surface area (Å²) in [5.41, 5.74) is 0.350. The quantitative estimate of drug-likeness (QED) is 0.349. The molecule has 3 aromatic carbocycles. The first kappa shape index (κ1) is 21.9.